The number of anilines is 1. The maximum atomic E-state index is 12.7. The van der Waals surface area contributed by atoms with Crippen molar-refractivity contribution in [3.05, 3.63) is 60.4 Å². The van der Waals surface area contributed by atoms with E-state index in [-0.39, 0.29) is 19.1 Å². The van der Waals surface area contributed by atoms with E-state index in [4.69, 9.17) is 9.47 Å². The fraction of sp³-hybridized carbons (Fsp3) is 0.364. The first-order valence-corrected chi connectivity index (χ1v) is 10.4. The van der Waals surface area contributed by atoms with E-state index in [1.54, 1.807) is 0 Å². The minimum absolute atomic E-state index is 0.0225. The van der Waals surface area contributed by atoms with Gasteiger partial charge in [-0.05, 0) is 36.4 Å². The Bertz CT molecular complexity index is 986. The molecule has 0 saturated carbocycles. The molecule has 0 spiro atoms. The predicted octanol–water partition coefficient (Wildman–Crippen LogP) is 2.00. The summed E-state index contributed by atoms with van der Waals surface area (Å²) >= 11 is 0. The van der Waals surface area contributed by atoms with Crippen molar-refractivity contribution < 1.29 is 14.3 Å². The van der Waals surface area contributed by atoms with Gasteiger partial charge in [0.2, 0.25) is 11.7 Å². The number of nitrogens with zero attached hydrogens (tertiary/aromatic N) is 6. The van der Waals surface area contributed by atoms with E-state index in [0.717, 1.165) is 30.3 Å². The lowest BCUT2D eigenvalue weighted by molar-refractivity contribution is -0.132. The van der Waals surface area contributed by atoms with Crippen molar-refractivity contribution >= 4 is 11.6 Å². The van der Waals surface area contributed by atoms with Gasteiger partial charge in [-0.25, -0.2) is 0 Å². The average molecular weight is 422 g/mol. The van der Waals surface area contributed by atoms with Gasteiger partial charge in [-0.15, -0.1) is 10.2 Å². The molecule has 1 amide bonds. The highest BCUT2D eigenvalue weighted by molar-refractivity contribution is 5.76. The van der Waals surface area contributed by atoms with E-state index in [9.17, 15) is 4.79 Å². The van der Waals surface area contributed by atoms with Gasteiger partial charge < -0.3 is 19.3 Å². The van der Waals surface area contributed by atoms with Gasteiger partial charge in [0.25, 0.3) is 0 Å². The number of carbonyl (C=O) groups excluding carboxylic acids is 1. The summed E-state index contributed by atoms with van der Waals surface area (Å²) in [5.74, 6) is 2.03. The van der Waals surface area contributed by atoms with E-state index in [2.05, 4.69) is 26.4 Å². The van der Waals surface area contributed by atoms with Gasteiger partial charge in [-0.3, -0.25) is 4.79 Å². The summed E-state index contributed by atoms with van der Waals surface area (Å²) in [6, 6.07) is 17.4. The van der Waals surface area contributed by atoms with Gasteiger partial charge >= 0.3 is 0 Å². The molecule has 1 saturated heterocycles. The Balaban J connectivity index is 1.27. The number of para-hydroxylation sites is 3. The molecule has 0 atom stereocenters. The van der Waals surface area contributed by atoms with Crippen LogP contribution in [-0.4, -0.2) is 63.8 Å². The smallest absolute Gasteiger partial charge is 0.246 e. The Hall–Kier alpha value is -3.62. The Kier molecular flexibility index (Phi) is 6.61. The van der Waals surface area contributed by atoms with E-state index < -0.39 is 0 Å². The minimum Gasteiger partial charge on any atom is -0.492 e. The second-order valence-corrected chi connectivity index (χ2v) is 7.11. The summed E-state index contributed by atoms with van der Waals surface area (Å²) < 4.78 is 11.4. The van der Waals surface area contributed by atoms with Crippen molar-refractivity contribution in [2.45, 2.75) is 20.1 Å². The molecule has 9 nitrogen and oxygen atoms in total. The maximum absolute atomic E-state index is 12.7. The SMILES string of the molecule is CCOc1ccccc1N1CCN(C(=O)Cn2nnc(COc3ccccc3)n2)CC1. The highest BCUT2D eigenvalue weighted by atomic mass is 16.5. The molecule has 0 radical (unpaired) electrons. The number of amides is 1. The van der Waals surface area contributed by atoms with Crippen molar-refractivity contribution in [3.8, 4) is 11.5 Å². The summed E-state index contributed by atoms with van der Waals surface area (Å²) in [6.07, 6.45) is 0. The molecule has 1 aromatic heterocycles. The number of hydrogen-bond donors (Lipinski definition) is 0. The highest BCUT2D eigenvalue weighted by Gasteiger charge is 2.23. The van der Waals surface area contributed by atoms with Crippen LogP contribution in [0.2, 0.25) is 0 Å². The molecule has 1 aliphatic heterocycles. The van der Waals surface area contributed by atoms with Crippen LogP contribution in [0.5, 0.6) is 11.5 Å². The third kappa shape index (κ3) is 5.30. The number of piperazine rings is 1. The predicted molar refractivity (Wildman–Crippen MR) is 115 cm³/mol. The van der Waals surface area contributed by atoms with Crippen molar-refractivity contribution in [2.24, 2.45) is 0 Å². The van der Waals surface area contributed by atoms with Crippen LogP contribution in [0.25, 0.3) is 0 Å². The lowest BCUT2D eigenvalue weighted by Gasteiger charge is -2.36. The first kappa shape index (κ1) is 20.6. The number of aromatic nitrogens is 4. The first-order valence-electron chi connectivity index (χ1n) is 10.4. The third-order valence-corrected chi connectivity index (χ3v) is 5.02. The van der Waals surface area contributed by atoms with Gasteiger partial charge in [-0.1, -0.05) is 30.3 Å². The van der Waals surface area contributed by atoms with Gasteiger partial charge in [0.15, 0.2) is 6.61 Å². The van der Waals surface area contributed by atoms with Gasteiger partial charge in [0, 0.05) is 26.2 Å². The first-order chi connectivity index (χ1) is 15.2. The standard InChI is InChI=1S/C22H26N6O3/c1-2-30-20-11-7-6-10-19(20)26-12-14-27(15-13-26)22(29)16-28-24-21(23-25-28)17-31-18-8-4-3-5-9-18/h3-11H,2,12-17H2,1H3. The maximum Gasteiger partial charge on any atom is 0.246 e. The van der Waals surface area contributed by atoms with Crippen molar-refractivity contribution in [1.29, 1.82) is 0 Å². The number of rotatable bonds is 8. The molecule has 4 rings (SSSR count). The average Bonchev–Trinajstić information content (AvgIpc) is 3.26. The molecule has 1 aliphatic rings. The fourth-order valence-electron chi connectivity index (χ4n) is 3.48. The Morgan fingerprint density at radius 1 is 0.968 bits per heavy atom. The number of carbonyl (C=O) groups is 1. The van der Waals surface area contributed by atoms with Crippen LogP contribution in [0.4, 0.5) is 5.69 Å². The van der Waals surface area contributed by atoms with Crippen LogP contribution in [0, 0.1) is 0 Å². The van der Waals surface area contributed by atoms with E-state index in [1.807, 2.05) is 60.4 Å². The van der Waals surface area contributed by atoms with E-state index in [1.165, 1.54) is 4.80 Å². The molecule has 0 bridgehead atoms. The van der Waals surface area contributed by atoms with E-state index in [0.29, 0.717) is 25.5 Å². The third-order valence-electron chi connectivity index (χ3n) is 5.02. The summed E-state index contributed by atoms with van der Waals surface area (Å²) in [5.41, 5.74) is 1.07. The number of hydrogen-bond acceptors (Lipinski definition) is 7. The van der Waals surface area contributed by atoms with Crippen LogP contribution in [0.1, 0.15) is 12.7 Å². The van der Waals surface area contributed by atoms with Crippen molar-refractivity contribution in [1.82, 2.24) is 25.1 Å². The quantitative estimate of drug-likeness (QED) is 0.549. The van der Waals surface area contributed by atoms with Gasteiger partial charge in [0.05, 0.1) is 12.3 Å². The monoisotopic (exact) mass is 422 g/mol. The lowest BCUT2D eigenvalue weighted by Crippen LogP contribution is -2.49. The van der Waals surface area contributed by atoms with Crippen molar-refractivity contribution in [3.63, 3.8) is 0 Å². The van der Waals surface area contributed by atoms with Crippen LogP contribution in [-0.2, 0) is 17.9 Å². The molecular weight excluding hydrogens is 396 g/mol. The van der Waals surface area contributed by atoms with Crippen LogP contribution in [0.3, 0.4) is 0 Å². The second kappa shape index (κ2) is 9.92. The zero-order valence-electron chi connectivity index (χ0n) is 17.6. The van der Waals surface area contributed by atoms with Gasteiger partial charge in [-0.2, -0.15) is 4.80 Å². The molecule has 2 aromatic carbocycles. The molecule has 0 unspecified atom stereocenters. The van der Waals surface area contributed by atoms with Crippen molar-refractivity contribution in [2.75, 3.05) is 37.7 Å². The lowest BCUT2D eigenvalue weighted by atomic mass is 10.2. The minimum atomic E-state index is -0.0225. The summed E-state index contributed by atoms with van der Waals surface area (Å²) in [4.78, 5) is 18.1. The zero-order valence-corrected chi connectivity index (χ0v) is 17.6. The van der Waals surface area contributed by atoms with Crippen LogP contribution < -0.4 is 14.4 Å². The van der Waals surface area contributed by atoms with Crippen LogP contribution in [0.15, 0.2) is 54.6 Å². The summed E-state index contributed by atoms with van der Waals surface area (Å²) in [7, 11) is 0. The van der Waals surface area contributed by atoms with E-state index >= 15 is 0 Å². The number of tetrazole rings is 1. The molecule has 0 N–H and O–H groups in total. The normalized spacial score (nSPS) is 13.8. The molecule has 31 heavy (non-hydrogen) atoms. The van der Waals surface area contributed by atoms with Crippen LogP contribution >= 0.6 is 0 Å². The largest absolute Gasteiger partial charge is 0.492 e. The highest BCUT2D eigenvalue weighted by Crippen LogP contribution is 2.28. The number of ether oxygens (including phenoxy) is 2. The molecule has 3 aromatic rings. The number of benzene rings is 2. The molecule has 0 aliphatic carbocycles. The fourth-order valence-corrected chi connectivity index (χ4v) is 3.48. The topological polar surface area (TPSA) is 85.6 Å². The summed E-state index contributed by atoms with van der Waals surface area (Å²) in [5, 5.41) is 12.2. The molecule has 1 fully saturated rings. The molecule has 9 heteroatoms. The molecule has 162 valence electrons. The zero-order chi connectivity index (χ0) is 21.5. The Morgan fingerprint density at radius 2 is 1.71 bits per heavy atom. The second-order valence-electron chi connectivity index (χ2n) is 7.11. The summed E-state index contributed by atoms with van der Waals surface area (Å²) in [6.45, 7) is 5.64. The van der Waals surface area contributed by atoms with Gasteiger partial charge in [0.1, 0.15) is 18.0 Å². The Labute approximate surface area is 181 Å². The molecule has 2 heterocycles. The molecular formula is C22H26N6O3. The Morgan fingerprint density at radius 3 is 2.48 bits per heavy atom.